The minimum atomic E-state index is -1.75. The first-order valence-electron chi connectivity index (χ1n) is 6.11. The molecule has 1 rings (SSSR count). The molecule has 0 aliphatic heterocycles. The summed E-state index contributed by atoms with van der Waals surface area (Å²) in [5, 5.41) is 23.0. The molecule has 0 radical (unpaired) electrons. The molecule has 0 aliphatic carbocycles. The fourth-order valence-electron chi connectivity index (χ4n) is 1.93. The summed E-state index contributed by atoms with van der Waals surface area (Å²) in [6.45, 7) is 2.91. The zero-order valence-corrected chi connectivity index (χ0v) is 11.1. The van der Waals surface area contributed by atoms with Crippen molar-refractivity contribution in [3.63, 3.8) is 0 Å². The Balaban J connectivity index is 2.95. The lowest BCUT2D eigenvalue weighted by Crippen LogP contribution is -2.63. The molecule has 0 aliphatic rings. The number of carboxylic acid groups (broad SMARTS) is 1. The number of carboxylic acids is 1. The van der Waals surface area contributed by atoms with Gasteiger partial charge in [-0.25, -0.2) is 0 Å². The third-order valence-corrected chi connectivity index (χ3v) is 2.81. The minimum absolute atomic E-state index is 0.0128. The van der Waals surface area contributed by atoms with Crippen LogP contribution in [-0.2, 0) is 4.79 Å². The van der Waals surface area contributed by atoms with E-state index in [4.69, 9.17) is 0 Å². The van der Waals surface area contributed by atoms with Crippen LogP contribution in [0.3, 0.4) is 0 Å². The van der Waals surface area contributed by atoms with Gasteiger partial charge in [-0.05, 0) is 24.5 Å². The number of aliphatic hydroxyl groups excluding tert-OH is 1. The van der Waals surface area contributed by atoms with Crippen LogP contribution in [0.2, 0.25) is 0 Å². The van der Waals surface area contributed by atoms with E-state index in [0.29, 0.717) is 5.56 Å². The smallest absolute Gasteiger partial charge is 0.252 e. The standard InChI is InChI=1S/C14H19NO4/c1-10(2)8-14(9-16,13(18)19)15-12(17)11-6-4-3-5-7-11/h3-7,10,16H,8-9H2,1-2H3,(H,15,17)(H,18,19)/p-1/t14-/m1/s1. The van der Waals surface area contributed by atoms with Gasteiger partial charge < -0.3 is 20.3 Å². The zero-order valence-electron chi connectivity index (χ0n) is 11.1. The molecule has 0 saturated carbocycles. The second-order valence-electron chi connectivity index (χ2n) is 4.95. The molecule has 1 amide bonds. The Morgan fingerprint density at radius 1 is 1.32 bits per heavy atom. The fraction of sp³-hybridized carbons (Fsp3) is 0.429. The molecule has 0 bridgehead atoms. The molecular formula is C14H18NO4-. The number of benzene rings is 1. The van der Waals surface area contributed by atoms with Crippen LogP contribution in [0.1, 0.15) is 30.6 Å². The first-order chi connectivity index (χ1) is 8.91. The summed E-state index contributed by atoms with van der Waals surface area (Å²) in [5.74, 6) is -2.03. The Hall–Kier alpha value is -1.88. The van der Waals surface area contributed by atoms with Crippen LogP contribution in [0, 0.1) is 5.92 Å². The number of aliphatic hydroxyl groups is 1. The lowest BCUT2D eigenvalue weighted by Gasteiger charge is -2.35. The van der Waals surface area contributed by atoms with E-state index in [1.54, 1.807) is 30.3 Å². The summed E-state index contributed by atoms with van der Waals surface area (Å²) >= 11 is 0. The molecule has 1 aromatic carbocycles. The Labute approximate surface area is 112 Å². The van der Waals surface area contributed by atoms with E-state index in [0.717, 1.165) is 0 Å². The molecule has 0 spiro atoms. The molecule has 5 heteroatoms. The van der Waals surface area contributed by atoms with Crippen LogP contribution in [-0.4, -0.2) is 29.1 Å². The summed E-state index contributed by atoms with van der Waals surface area (Å²) < 4.78 is 0. The Kier molecular flexibility index (Phi) is 5.06. The highest BCUT2D eigenvalue weighted by atomic mass is 16.4. The maximum atomic E-state index is 12.0. The summed E-state index contributed by atoms with van der Waals surface area (Å²) in [6.07, 6.45) is 0.102. The van der Waals surface area contributed by atoms with Crippen molar-refractivity contribution < 1.29 is 19.8 Å². The van der Waals surface area contributed by atoms with Gasteiger partial charge >= 0.3 is 0 Å². The number of carbonyl (C=O) groups excluding carboxylic acids is 2. The summed E-state index contributed by atoms with van der Waals surface area (Å²) in [7, 11) is 0. The Bertz CT molecular complexity index is 444. The molecule has 1 atom stereocenters. The number of amides is 1. The summed E-state index contributed by atoms with van der Waals surface area (Å²) in [5.41, 5.74) is -1.41. The summed E-state index contributed by atoms with van der Waals surface area (Å²) in [4.78, 5) is 23.3. The minimum Gasteiger partial charge on any atom is -0.547 e. The van der Waals surface area contributed by atoms with Crippen molar-refractivity contribution in [3.8, 4) is 0 Å². The molecule has 1 aromatic rings. The van der Waals surface area contributed by atoms with E-state index in [1.165, 1.54) is 0 Å². The topological polar surface area (TPSA) is 89.5 Å². The number of hydrogen-bond donors (Lipinski definition) is 2. The molecule has 0 heterocycles. The normalized spacial score (nSPS) is 13.9. The van der Waals surface area contributed by atoms with Gasteiger partial charge in [0.25, 0.3) is 5.91 Å². The van der Waals surface area contributed by atoms with Crippen molar-refractivity contribution in [2.75, 3.05) is 6.61 Å². The monoisotopic (exact) mass is 264 g/mol. The predicted molar refractivity (Wildman–Crippen MR) is 68.2 cm³/mol. The SMILES string of the molecule is CC(C)C[C@](CO)(NC(=O)c1ccccc1)C(=O)[O-]. The highest BCUT2D eigenvalue weighted by molar-refractivity contribution is 5.97. The molecule has 0 aromatic heterocycles. The van der Waals surface area contributed by atoms with Gasteiger partial charge in [0.05, 0.1) is 12.6 Å². The molecule has 0 saturated heterocycles. The number of nitrogens with one attached hydrogen (secondary N) is 1. The molecular weight excluding hydrogens is 246 g/mol. The van der Waals surface area contributed by atoms with Crippen molar-refractivity contribution in [3.05, 3.63) is 35.9 Å². The van der Waals surface area contributed by atoms with Crippen molar-refractivity contribution in [1.82, 2.24) is 5.32 Å². The van der Waals surface area contributed by atoms with Gasteiger partial charge in [-0.3, -0.25) is 4.79 Å². The molecule has 0 fully saturated rings. The first-order valence-corrected chi connectivity index (χ1v) is 6.11. The van der Waals surface area contributed by atoms with Gasteiger partial charge in [-0.1, -0.05) is 32.0 Å². The Morgan fingerprint density at radius 3 is 2.32 bits per heavy atom. The van der Waals surface area contributed by atoms with Gasteiger partial charge in [0.2, 0.25) is 0 Å². The van der Waals surface area contributed by atoms with Gasteiger partial charge in [-0.2, -0.15) is 0 Å². The highest BCUT2D eigenvalue weighted by Gasteiger charge is 2.34. The lowest BCUT2D eigenvalue weighted by atomic mass is 9.89. The highest BCUT2D eigenvalue weighted by Crippen LogP contribution is 2.17. The average molecular weight is 264 g/mol. The fourth-order valence-corrected chi connectivity index (χ4v) is 1.93. The van der Waals surface area contributed by atoms with Crippen LogP contribution in [0.15, 0.2) is 30.3 Å². The lowest BCUT2D eigenvalue weighted by molar-refractivity contribution is -0.315. The van der Waals surface area contributed by atoms with E-state index in [9.17, 15) is 19.8 Å². The first kappa shape index (κ1) is 15.2. The predicted octanol–water partition coefficient (Wildman–Crippen LogP) is -0.0565. The van der Waals surface area contributed by atoms with E-state index < -0.39 is 24.0 Å². The molecule has 2 N–H and O–H groups in total. The van der Waals surface area contributed by atoms with E-state index >= 15 is 0 Å². The van der Waals surface area contributed by atoms with Gasteiger partial charge in [-0.15, -0.1) is 0 Å². The van der Waals surface area contributed by atoms with Crippen LogP contribution in [0.4, 0.5) is 0 Å². The van der Waals surface area contributed by atoms with E-state index in [-0.39, 0.29) is 12.3 Å². The molecule has 5 nitrogen and oxygen atoms in total. The second-order valence-corrected chi connectivity index (χ2v) is 4.95. The van der Waals surface area contributed by atoms with Crippen LogP contribution < -0.4 is 10.4 Å². The third kappa shape index (κ3) is 3.79. The van der Waals surface area contributed by atoms with Crippen LogP contribution >= 0.6 is 0 Å². The largest absolute Gasteiger partial charge is 0.547 e. The molecule has 19 heavy (non-hydrogen) atoms. The zero-order chi connectivity index (χ0) is 14.5. The van der Waals surface area contributed by atoms with Crippen molar-refractivity contribution in [2.24, 2.45) is 5.92 Å². The summed E-state index contributed by atoms with van der Waals surface area (Å²) in [6, 6.07) is 8.25. The number of hydrogen-bond acceptors (Lipinski definition) is 4. The van der Waals surface area contributed by atoms with Crippen LogP contribution in [0.25, 0.3) is 0 Å². The van der Waals surface area contributed by atoms with E-state index in [2.05, 4.69) is 5.32 Å². The van der Waals surface area contributed by atoms with E-state index in [1.807, 2.05) is 13.8 Å². The number of carbonyl (C=O) groups is 2. The van der Waals surface area contributed by atoms with Gasteiger partial charge in [0.1, 0.15) is 5.54 Å². The van der Waals surface area contributed by atoms with Gasteiger partial charge in [0, 0.05) is 5.56 Å². The maximum Gasteiger partial charge on any atom is 0.252 e. The number of aliphatic carboxylic acids is 1. The second kappa shape index (κ2) is 6.33. The van der Waals surface area contributed by atoms with Crippen molar-refractivity contribution in [2.45, 2.75) is 25.8 Å². The Morgan fingerprint density at radius 2 is 1.89 bits per heavy atom. The third-order valence-electron chi connectivity index (χ3n) is 2.81. The molecule has 104 valence electrons. The maximum absolute atomic E-state index is 12.0. The molecule has 0 unspecified atom stereocenters. The van der Waals surface area contributed by atoms with Crippen LogP contribution in [0.5, 0.6) is 0 Å². The van der Waals surface area contributed by atoms with Crippen molar-refractivity contribution in [1.29, 1.82) is 0 Å². The average Bonchev–Trinajstić information content (AvgIpc) is 2.38. The van der Waals surface area contributed by atoms with Gasteiger partial charge in [0.15, 0.2) is 0 Å². The number of rotatable bonds is 6. The van der Waals surface area contributed by atoms with Crippen molar-refractivity contribution >= 4 is 11.9 Å². The quantitative estimate of drug-likeness (QED) is 0.753.